The van der Waals surface area contributed by atoms with E-state index >= 15 is 0 Å². The molecule has 1 fully saturated rings. The van der Waals surface area contributed by atoms with Gasteiger partial charge >= 0.3 is 0 Å². The molecule has 1 saturated heterocycles. The summed E-state index contributed by atoms with van der Waals surface area (Å²) in [5, 5.41) is 0.648. The summed E-state index contributed by atoms with van der Waals surface area (Å²) in [7, 11) is 4.74. The Labute approximate surface area is 197 Å². The number of morpholine rings is 1. The molecule has 1 aromatic heterocycles. The molecule has 3 aromatic rings. The van der Waals surface area contributed by atoms with Crippen molar-refractivity contribution in [2.45, 2.75) is 6.42 Å². The molecule has 0 bridgehead atoms. The Morgan fingerprint density at radius 3 is 2.67 bits per heavy atom. The van der Waals surface area contributed by atoms with Crippen LogP contribution in [-0.4, -0.2) is 76.5 Å². The van der Waals surface area contributed by atoms with Gasteiger partial charge in [-0.15, -0.1) is 0 Å². The van der Waals surface area contributed by atoms with Crippen molar-refractivity contribution in [3.63, 3.8) is 0 Å². The highest BCUT2D eigenvalue weighted by molar-refractivity contribution is 7.22. The van der Waals surface area contributed by atoms with Gasteiger partial charge in [0.15, 0.2) is 16.6 Å². The predicted molar refractivity (Wildman–Crippen MR) is 129 cm³/mol. The minimum atomic E-state index is -0.168. The number of ether oxygens (including phenoxy) is 4. The lowest BCUT2D eigenvalue weighted by Gasteiger charge is -2.28. The molecular formula is C24H29N3O5S. The lowest BCUT2D eigenvalue weighted by atomic mass is 10.1. The molecule has 0 radical (unpaired) electrons. The minimum Gasteiger partial charge on any atom is -0.497 e. The fourth-order valence-corrected chi connectivity index (χ4v) is 4.92. The van der Waals surface area contributed by atoms with Crippen LogP contribution in [0.1, 0.15) is 16.8 Å². The third-order valence-corrected chi connectivity index (χ3v) is 6.69. The fourth-order valence-electron chi connectivity index (χ4n) is 3.90. The van der Waals surface area contributed by atoms with Crippen molar-refractivity contribution in [2.24, 2.45) is 0 Å². The third-order valence-electron chi connectivity index (χ3n) is 5.65. The largest absolute Gasteiger partial charge is 0.497 e. The van der Waals surface area contributed by atoms with Gasteiger partial charge in [0.1, 0.15) is 5.75 Å². The molecule has 0 spiro atoms. The van der Waals surface area contributed by atoms with Crippen LogP contribution in [0.3, 0.4) is 0 Å². The van der Waals surface area contributed by atoms with Crippen molar-refractivity contribution in [1.29, 1.82) is 0 Å². The number of fused-ring (bicyclic) bond motifs is 1. The molecule has 176 valence electrons. The number of nitrogens with zero attached hydrogens (tertiary/aromatic N) is 3. The number of hydrogen-bond donors (Lipinski definition) is 0. The summed E-state index contributed by atoms with van der Waals surface area (Å²) in [5.41, 5.74) is 1.28. The Balaban J connectivity index is 1.64. The van der Waals surface area contributed by atoms with Crippen LogP contribution >= 0.6 is 11.3 Å². The quantitative estimate of drug-likeness (QED) is 0.471. The number of carbonyl (C=O) groups excluding carboxylic acids is 1. The van der Waals surface area contributed by atoms with Crippen LogP contribution in [0.4, 0.5) is 5.13 Å². The zero-order chi connectivity index (χ0) is 23.2. The molecule has 2 heterocycles. The van der Waals surface area contributed by atoms with E-state index in [1.165, 1.54) is 11.3 Å². The van der Waals surface area contributed by atoms with E-state index in [0.29, 0.717) is 28.7 Å². The van der Waals surface area contributed by atoms with E-state index < -0.39 is 0 Å². The molecule has 2 aromatic carbocycles. The number of thiazole rings is 1. The molecule has 0 N–H and O–H groups in total. The summed E-state index contributed by atoms with van der Waals surface area (Å²) in [6, 6.07) is 11.1. The Bertz CT molecular complexity index is 1100. The number of amides is 1. The molecule has 0 unspecified atom stereocenters. The number of carbonyl (C=O) groups is 1. The Morgan fingerprint density at radius 1 is 1.12 bits per heavy atom. The Kier molecular flexibility index (Phi) is 7.64. The smallest absolute Gasteiger partial charge is 0.263 e. The number of methoxy groups -OCH3 is 3. The van der Waals surface area contributed by atoms with E-state index in [2.05, 4.69) is 4.90 Å². The third kappa shape index (κ3) is 5.21. The van der Waals surface area contributed by atoms with Crippen molar-refractivity contribution in [2.75, 3.05) is 65.6 Å². The van der Waals surface area contributed by atoms with Crippen LogP contribution in [0.15, 0.2) is 36.4 Å². The summed E-state index contributed by atoms with van der Waals surface area (Å²) in [4.78, 5) is 22.6. The summed E-state index contributed by atoms with van der Waals surface area (Å²) in [6.45, 7) is 4.76. The van der Waals surface area contributed by atoms with Crippen LogP contribution in [0.5, 0.6) is 17.2 Å². The Hall–Kier alpha value is -2.88. The van der Waals surface area contributed by atoms with Crippen molar-refractivity contribution in [3.8, 4) is 17.2 Å². The predicted octanol–water partition coefficient (Wildman–Crippen LogP) is 3.69. The molecule has 0 aliphatic carbocycles. The summed E-state index contributed by atoms with van der Waals surface area (Å²) >= 11 is 1.48. The van der Waals surface area contributed by atoms with Gasteiger partial charge in [0, 0.05) is 26.2 Å². The minimum absolute atomic E-state index is 0.168. The van der Waals surface area contributed by atoms with E-state index in [1.807, 2.05) is 18.2 Å². The number of hydrogen-bond acceptors (Lipinski definition) is 8. The average Bonchev–Trinajstić information content (AvgIpc) is 3.29. The van der Waals surface area contributed by atoms with E-state index in [0.717, 1.165) is 55.2 Å². The summed E-state index contributed by atoms with van der Waals surface area (Å²) < 4.78 is 22.7. The maximum Gasteiger partial charge on any atom is 0.263 e. The standard InChI is InChI=1S/C24H29N3O5S/c1-29-17-8-9-19-21(16-17)33-24(25-19)27(11-5-10-26-12-14-32-15-13-26)23(28)18-6-4-7-20(30-2)22(18)31-3/h4,6-9,16H,5,10-15H2,1-3H3. The van der Waals surface area contributed by atoms with Crippen molar-refractivity contribution >= 4 is 32.6 Å². The van der Waals surface area contributed by atoms with Crippen LogP contribution in [0.25, 0.3) is 10.2 Å². The first-order valence-electron chi connectivity index (χ1n) is 10.9. The lowest BCUT2D eigenvalue weighted by molar-refractivity contribution is 0.0376. The average molecular weight is 472 g/mol. The second-order valence-electron chi connectivity index (χ2n) is 7.64. The van der Waals surface area contributed by atoms with Crippen LogP contribution in [-0.2, 0) is 4.74 Å². The van der Waals surface area contributed by atoms with Gasteiger partial charge < -0.3 is 18.9 Å². The van der Waals surface area contributed by atoms with Gasteiger partial charge in [-0.05, 0) is 36.8 Å². The maximum absolute atomic E-state index is 13.8. The van der Waals surface area contributed by atoms with Gasteiger partial charge in [0.05, 0.1) is 50.3 Å². The number of aromatic nitrogens is 1. The van der Waals surface area contributed by atoms with E-state index in [9.17, 15) is 4.79 Å². The van der Waals surface area contributed by atoms with Crippen LogP contribution in [0, 0.1) is 0 Å². The van der Waals surface area contributed by atoms with Crippen molar-refractivity contribution in [1.82, 2.24) is 9.88 Å². The first kappa shape index (κ1) is 23.3. The van der Waals surface area contributed by atoms with Gasteiger partial charge in [0.2, 0.25) is 0 Å². The van der Waals surface area contributed by atoms with Crippen LogP contribution in [0.2, 0.25) is 0 Å². The molecule has 0 atom stereocenters. The van der Waals surface area contributed by atoms with Crippen molar-refractivity contribution in [3.05, 3.63) is 42.0 Å². The van der Waals surface area contributed by atoms with Gasteiger partial charge in [-0.25, -0.2) is 4.98 Å². The van der Waals surface area contributed by atoms with E-state index in [4.69, 9.17) is 23.9 Å². The number of anilines is 1. The van der Waals surface area contributed by atoms with Crippen LogP contribution < -0.4 is 19.1 Å². The molecule has 4 rings (SSSR count). The first-order chi connectivity index (χ1) is 16.1. The monoisotopic (exact) mass is 471 g/mol. The molecule has 8 nitrogen and oxygen atoms in total. The zero-order valence-corrected chi connectivity index (χ0v) is 20.0. The fraction of sp³-hybridized carbons (Fsp3) is 0.417. The highest BCUT2D eigenvalue weighted by Crippen LogP contribution is 2.35. The molecule has 1 amide bonds. The highest BCUT2D eigenvalue weighted by atomic mass is 32.1. The highest BCUT2D eigenvalue weighted by Gasteiger charge is 2.26. The van der Waals surface area contributed by atoms with Crippen molar-refractivity contribution < 1.29 is 23.7 Å². The molecule has 9 heteroatoms. The second-order valence-corrected chi connectivity index (χ2v) is 8.64. The van der Waals surface area contributed by atoms with E-state index in [-0.39, 0.29) is 5.91 Å². The van der Waals surface area contributed by atoms with Gasteiger partial charge in [-0.1, -0.05) is 17.4 Å². The topological polar surface area (TPSA) is 73.4 Å². The zero-order valence-electron chi connectivity index (χ0n) is 19.2. The second kappa shape index (κ2) is 10.8. The van der Waals surface area contributed by atoms with E-state index in [1.54, 1.807) is 44.4 Å². The Morgan fingerprint density at radius 2 is 1.94 bits per heavy atom. The van der Waals surface area contributed by atoms with Gasteiger partial charge in [-0.2, -0.15) is 0 Å². The number of benzene rings is 2. The number of rotatable bonds is 9. The molecular weight excluding hydrogens is 442 g/mol. The maximum atomic E-state index is 13.8. The summed E-state index contributed by atoms with van der Waals surface area (Å²) in [5.74, 6) is 1.53. The molecule has 1 aliphatic rings. The van der Waals surface area contributed by atoms with Gasteiger partial charge in [0.25, 0.3) is 5.91 Å². The lowest BCUT2D eigenvalue weighted by Crippen LogP contribution is -2.39. The SMILES string of the molecule is COc1ccc2nc(N(CCCN3CCOCC3)C(=O)c3cccc(OC)c3OC)sc2c1. The normalized spacial score (nSPS) is 14.3. The van der Waals surface area contributed by atoms with Gasteiger partial charge in [-0.3, -0.25) is 14.6 Å². The number of para-hydroxylation sites is 1. The summed E-state index contributed by atoms with van der Waals surface area (Å²) in [6.07, 6.45) is 0.817. The molecule has 33 heavy (non-hydrogen) atoms. The molecule has 1 aliphatic heterocycles. The first-order valence-corrected chi connectivity index (χ1v) is 11.7. The molecule has 0 saturated carbocycles.